The highest BCUT2D eigenvalue weighted by Crippen LogP contribution is 2.31. The number of benzene rings is 2. The van der Waals surface area contributed by atoms with Crippen LogP contribution in [0.15, 0.2) is 48.5 Å². The molecule has 0 aromatic heterocycles. The van der Waals surface area contributed by atoms with E-state index < -0.39 is 30.6 Å². The third kappa shape index (κ3) is 8.83. The number of aliphatic hydroxyl groups is 2. The smallest absolute Gasteiger partial charge is 0.251 e. The summed E-state index contributed by atoms with van der Waals surface area (Å²) in [7, 11) is 0. The van der Waals surface area contributed by atoms with Gasteiger partial charge in [0.05, 0.1) is 0 Å². The lowest BCUT2D eigenvalue weighted by atomic mass is 9.81. The summed E-state index contributed by atoms with van der Waals surface area (Å²) in [5.41, 5.74) is 7.75. The number of Topliss-reactive ketones (excluding diaryl/α,β-unsaturated/α-hetero) is 1. The predicted octanol–water partition coefficient (Wildman–Crippen LogP) is 2.57. The largest absolute Gasteiger partial charge is 0.388 e. The first-order valence-electron chi connectivity index (χ1n) is 12.6. The minimum Gasteiger partial charge on any atom is -0.388 e. The van der Waals surface area contributed by atoms with E-state index in [1.165, 1.54) is 37.8 Å². The van der Waals surface area contributed by atoms with Gasteiger partial charge in [0.1, 0.15) is 18.9 Å². The molecule has 196 valence electrons. The molecule has 1 aliphatic carbocycles. The van der Waals surface area contributed by atoms with Crippen LogP contribution in [0.25, 0.3) is 0 Å². The van der Waals surface area contributed by atoms with Crippen molar-refractivity contribution in [3.05, 3.63) is 65.2 Å². The van der Waals surface area contributed by atoms with E-state index in [0.717, 1.165) is 23.6 Å². The zero-order chi connectivity index (χ0) is 26.8. The number of nitrogens with two attached hydrogens (primary N) is 1. The van der Waals surface area contributed by atoms with Crippen molar-refractivity contribution in [3.8, 4) is 11.8 Å². The Bertz CT molecular complexity index is 1120. The van der Waals surface area contributed by atoms with Crippen LogP contribution in [0.4, 0.5) is 5.69 Å². The third-order valence-electron chi connectivity index (χ3n) is 6.71. The lowest BCUT2D eigenvalue weighted by molar-refractivity contribution is -0.126. The second-order valence-corrected chi connectivity index (χ2v) is 9.68. The molecule has 0 unspecified atom stereocenters. The zero-order valence-electron chi connectivity index (χ0n) is 21.1. The molecule has 0 radical (unpaired) electrons. The molecule has 1 fully saturated rings. The first-order chi connectivity index (χ1) is 17.7. The summed E-state index contributed by atoms with van der Waals surface area (Å²) in [6.45, 7) is 1.45. The van der Waals surface area contributed by atoms with E-state index in [1.54, 1.807) is 12.1 Å². The molecule has 0 bridgehead atoms. The Morgan fingerprint density at radius 3 is 2.08 bits per heavy atom. The molecule has 0 spiro atoms. The number of carbonyl (C=O) groups is 3. The second-order valence-electron chi connectivity index (χ2n) is 9.68. The number of carbonyl (C=O) groups excluding carboxylic acids is 3. The van der Waals surface area contributed by atoms with Gasteiger partial charge in [-0.15, -0.1) is 0 Å². The van der Waals surface area contributed by atoms with E-state index in [0.29, 0.717) is 17.9 Å². The van der Waals surface area contributed by atoms with Crippen molar-refractivity contribution in [2.75, 3.05) is 11.9 Å². The summed E-state index contributed by atoms with van der Waals surface area (Å²) in [4.78, 5) is 36.3. The van der Waals surface area contributed by atoms with Crippen LogP contribution in [0.2, 0.25) is 0 Å². The van der Waals surface area contributed by atoms with Gasteiger partial charge < -0.3 is 26.6 Å². The van der Waals surface area contributed by atoms with Gasteiger partial charge in [-0.25, -0.2) is 0 Å². The first kappa shape index (κ1) is 28.1. The Kier molecular flexibility index (Phi) is 10.4. The van der Waals surface area contributed by atoms with Crippen LogP contribution in [-0.4, -0.2) is 46.7 Å². The number of ketones is 1. The van der Waals surface area contributed by atoms with Gasteiger partial charge in [0, 0.05) is 28.8 Å². The molecule has 2 atom stereocenters. The number of rotatable bonds is 9. The molecule has 37 heavy (non-hydrogen) atoms. The van der Waals surface area contributed by atoms with E-state index in [1.807, 2.05) is 24.3 Å². The minimum absolute atomic E-state index is 0.0367. The van der Waals surface area contributed by atoms with Crippen LogP contribution >= 0.6 is 0 Å². The molecule has 2 aromatic rings. The molecular weight excluding hydrogens is 470 g/mol. The monoisotopic (exact) mass is 505 g/mol. The third-order valence-corrected chi connectivity index (χ3v) is 6.71. The maximum Gasteiger partial charge on any atom is 0.251 e. The normalized spacial score (nSPS) is 18.6. The van der Waals surface area contributed by atoms with Crippen molar-refractivity contribution in [1.29, 1.82) is 0 Å². The molecular formula is C29H35N3O5. The van der Waals surface area contributed by atoms with Gasteiger partial charge >= 0.3 is 0 Å². The fourth-order valence-corrected chi connectivity index (χ4v) is 4.34. The summed E-state index contributed by atoms with van der Waals surface area (Å²) < 4.78 is 0. The average molecular weight is 506 g/mol. The van der Waals surface area contributed by atoms with Gasteiger partial charge in [-0.1, -0.05) is 44.4 Å². The van der Waals surface area contributed by atoms with Gasteiger partial charge in [0.15, 0.2) is 5.78 Å². The highest BCUT2D eigenvalue weighted by molar-refractivity contribution is 5.98. The quantitative estimate of drug-likeness (QED) is 0.262. The zero-order valence-corrected chi connectivity index (χ0v) is 21.1. The molecule has 3 rings (SSSR count). The first-order valence-corrected chi connectivity index (χ1v) is 12.6. The van der Waals surface area contributed by atoms with Gasteiger partial charge in [0.2, 0.25) is 5.91 Å². The number of anilines is 1. The second kappa shape index (κ2) is 13.7. The van der Waals surface area contributed by atoms with Gasteiger partial charge in [-0.3, -0.25) is 14.4 Å². The predicted molar refractivity (Wildman–Crippen MR) is 141 cm³/mol. The maximum absolute atomic E-state index is 12.3. The number of amides is 2. The van der Waals surface area contributed by atoms with Crippen molar-refractivity contribution in [2.45, 2.75) is 57.7 Å². The SMILES string of the molecule is CC1CCC(CCC(=O)Nc2ccc(C#Cc3ccc(C(=O)N[C@H](C(=O)CO)[C@@H](N)O)cc3)cc2)CC1. The molecule has 0 heterocycles. The summed E-state index contributed by atoms with van der Waals surface area (Å²) >= 11 is 0. The number of nitrogens with one attached hydrogen (secondary N) is 2. The highest BCUT2D eigenvalue weighted by atomic mass is 16.3. The Labute approximate surface area is 217 Å². The molecule has 0 aliphatic heterocycles. The summed E-state index contributed by atoms with van der Waals surface area (Å²) in [5, 5.41) is 23.7. The maximum atomic E-state index is 12.3. The van der Waals surface area contributed by atoms with Crippen molar-refractivity contribution >= 4 is 23.3 Å². The Hall–Kier alpha value is -3.51. The molecule has 8 heteroatoms. The minimum atomic E-state index is -1.63. The Morgan fingerprint density at radius 2 is 1.54 bits per heavy atom. The molecule has 2 aromatic carbocycles. The fraction of sp³-hybridized carbons (Fsp3) is 0.414. The van der Waals surface area contributed by atoms with Crippen LogP contribution in [0, 0.1) is 23.7 Å². The van der Waals surface area contributed by atoms with Crippen LogP contribution < -0.4 is 16.4 Å². The molecule has 1 saturated carbocycles. The number of hydrogen-bond donors (Lipinski definition) is 5. The highest BCUT2D eigenvalue weighted by Gasteiger charge is 2.25. The van der Waals surface area contributed by atoms with Crippen LogP contribution in [0.3, 0.4) is 0 Å². The van der Waals surface area contributed by atoms with E-state index in [-0.39, 0.29) is 11.5 Å². The summed E-state index contributed by atoms with van der Waals surface area (Å²) in [6.07, 6.45) is 4.84. The van der Waals surface area contributed by atoms with Crippen LogP contribution in [-0.2, 0) is 9.59 Å². The molecule has 1 aliphatic rings. The average Bonchev–Trinajstić information content (AvgIpc) is 2.90. The standard InChI is InChI=1S/C29H35N3O5/c1-19-2-4-20(5-3-19)12-17-26(35)31-24-15-10-22(11-16-24)7-6-21-8-13-23(14-9-21)29(37)32-27(28(30)36)25(34)18-33/h8-11,13-16,19-20,27-28,33,36H,2-5,12,17-18,30H2,1H3,(H,31,35)(H,32,37)/t19?,20?,27-,28+/m1/s1. The molecule has 2 amide bonds. The van der Waals surface area contributed by atoms with Gasteiger partial charge in [-0.05, 0) is 66.8 Å². The lowest BCUT2D eigenvalue weighted by Crippen LogP contribution is -2.53. The van der Waals surface area contributed by atoms with E-state index in [2.05, 4.69) is 29.4 Å². The number of hydrogen-bond acceptors (Lipinski definition) is 6. The molecule has 0 saturated heterocycles. The lowest BCUT2D eigenvalue weighted by Gasteiger charge is -2.25. The topological polar surface area (TPSA) is 142 Å². The molecule has 6 N–H and O–H groups in total. The van der Waals surface area contributed by atoms with E-state index in [4.69, 9.17) is 10.8 Å². The Morgan fingerprint density at radius 1 is 0.973 bits per heavy atom. The fourth-order valence-electron chi connectivity index (χ4n) is 4.34. The molecule has 8 nitrogen and oxygen atoms in total. The van der Waals surface area contributed by atoms with E-state index >= 15 is 0 Å². The van der Waals surface area contributed by atoms with Gasteiger partial charge in [-0.2, -0.15) is 0 Å². The van der Waals surface area contributed by atoms with E-state index in [9.17, 15) is 19.5 Å². The van der Waals surface area contributed by atoms with Crippen molar-refractivity contribution < 1.29 is 24.6 Å². The van der Waals surface area contributed by atoms with Gasteiger partial charge in [0.25, 0.3) is 5.91 Å². The Balaban J connectivity index is 1.50. The van der Waals surface area contributed by atoms with Crippen molar-refractivity contribution in [1.82, 2.24) is 5.32 Å². The summed E-state index contributed by atoms with van der Waals surface area (Å²) in [6, 6.07) is 12.3. The number of aliphatic hydroxyl groups excluding tert-OH is 2. The van der Waals surface area contributed by atoms with Crippen LogP contribution in [0.5, 0.6) is 0 Å². The summed E-state index contributed by atoms with van der Waals surface area (Å²) in [5.74, 6) is 6.18. The van der Waals surface area contributed by atoms with Crippen molar-refractivity contribution in [2.24, 2.45) is 17.6 Å². The van der Waals surface area contributed by atoms with Crippen LogP contribution in [0.1, 0.15) is 66.9 Å². The van der Waals surface area contributed by atoms with Crippen molar-refractivity contribution in [3.63, 3.8) is 0 Å².